The van der Waals surface area contributed by atoms with Gasteiger partial charge in [0, 0.05) is 17.4 Å². The van der Waals surface area contributed by atoms with Crippen molar-refractivity contribution in [1.82, 2.24) is 20.1 Å². The number of benzene rings is 1. The maximum Gasteiger partial charge on any atom is 0.259 e. The highest BCUT2D eigenvalue weighted by molar-refractivity contribution is 9.10. The molecule has 24 heavy (non-hydrogen) atoms. The lowest BCUT2D eigenvalue weighted by atomic mass is 9.98. The largest absolute Gasteiger partial charge is 0.317 e. The predicted octanol–water partition coefficient (Wildman–Crippen LogP) is 3.03. The van der Waals surface area contributed by atoms with Gasteiger partial charge < -0.3 is 5.32 Å². The molecule has 0 bridgehead atoms. The van der Waals surface area contributed by atoms with Crippen LogP contribution in [-0.4, -0.2) is 33.8 Å². The van der Waals surface area contributed by atoms with Crippen LogP contribution in [0.5, 0.6) is 0 Å². The van der Waals surface area contributed by atoms with Crippen LogP contribution in [0.4, 0.5) is 5.95 Å². The molecule has 2 N–H and O–H groups in total. The molecule has 6 nitrogen and oxygen atoms in total. The van der Waals surface area contributed by atoms with Crippen LogP contribution in [0, 0.1) is 6.92 Å². The van der Waals surface area contributed by atoms with E-state index in [0.717, 1.165) is 41.8 Å². The molecule has 1 aromatic heterocycles. The van der Waals surface area contributed by atoms with Crippen molar-refractivity contribution in [2.75, 3.05) is 18.4 Å². The number of carbonyl (C=O) groups excluding carboxylic acids is 1. The standard InChI is InChI=1S/C16H20BrN5O.ClH/c1-10-3-4-13(17)12(9-10)15(23)20-16-19-14(21-22(16)2)11-5-7-18-8-6-11;/h3-4,9,11,18H,5-8H2,1-2H3,(H,19,20,21,23);1H. The van der Waals surface area contributed by atoms with Crippen LogP contribution in [0.1, 0.15) is 40.5 Å². The van der Waals surface area contributed by atoms with Crippen molar-refractivity contribution in [3.05, 3.63) is 39.6 Å². The van der Waals surface area contributed by atoms with E-state index in [1.165, 1.54) is 0 Å². The number of nitrogens with one attached hydrogen (secondary N) is 2. The number of rotatable bonds is 3. The van der Waals surface area contributed by atoms with Crippen molar-refractivity contribution < 1.29 is 4.79 Å². The van der Waals surface area contributed by atoms with Gasteiger partial charge in [0.2, 0.25) is 5.95 Å². The Morgan fingerprint density at radius 2 is 2.08 bits per heavy atom. The summed E-state index contributed by atoms with van der Waals surface area (Å²) in [5.41, 5.74) is 1.63. The highest BCUT2D eigenvalue weighted by Gasteiger charge is 2.22. The number of carbonyl (C=O) groups is 1. The smallest absolute Gasteiger partial charge is 0.259 e. The number of aryl methyl sites for hydroxylation is 2. The SMILES string of the molecule is Cc1ccc(Br)c(C(=O)Nc2nc(C3CCNCC3)nn2C)c1.Cl. The molecule has 0 unspecified atom stereocenters. The molecular weight excluding hydrogens is 394 g/mol. The molecule has 0 atom stereocenters. The van der Waals surface area contributed by atoms with Crippen LogP contribution in [0.25, 0.3) is 0 Å². The summed E-state index contributed by atoms with van der Waals surface area (Å²) < 4.78 is 2.40. The van der Waals surface area contributed by atoms with E-state index in [1.807, 2.05) is 25.1 Å². The summed E-state index contributed by atoms with van der Waals surface area (Å²) in [5.74, 6) is 1.47. The Labute approximate surface area is 156 Å². The number of hydrogen-bond acceptors (Lipinski definition) is 4. The molecule has 1 aliphatic heterocycles. The van der Waals surface area contributed by atoms with Gasteiger partial charge in [0.1, 0.15) is 0 Å². The van der Waals surface area contributed by atoms with Crippen molar-refractivity contribution in [2.24, 2.45) is 7.05 Å². The molecule has 2 aromatic rings. The fourth-order valence-corrected chi connectivity index (χ4v) is 3.17. The first-order chi connectivity index (χ1) is 11.0. The molecule has 1 saturated heterocycles. The third-order valence-electron chi connectivity index (χ3n) is 4.08. The Bertz CT molecular complexity index is 727. The zero-order valence-corrected chi connectivity index (χ0v) is 16.1. The molecule has 1 aliphatic rings. The van der Waals surface area contributed by atoms with Crippen LogP contribution >= 0.6 is 28.3 Å². The lowest BCUT2D eigenvalue weighted by molar-refractivity contribution is 0.102. The van der Waals surface area contributed by atoms with Gasteiger partial charge in [-0.25, -0.2) is 4.68 Å². The van der Waals surface area contributed by atoms with Crippen LogP contribution in [0.2, 0.25) is 0 Å². The number of anilines is 1. The van der Waals surface area contributed by atoms with Crippen molar-refractivity contribution >= 4 is 40.2 Å². The van der Waals surface area contributed by atoms with Crippen LogP contribution in [0.3, 0.4) is 0 Å². The van der Waals surface area contributed by atoms with E-state index in [9.17, 15) is 4.79 Å². The third-order valence-corrected chi connectivity index (χ3v) is 4.77. The monoisotopic (exact) mass is 413 g/mol. The molecule has 130 valence electrons. The minimum Gasteiger partial charge on any atom is -0.317 e. The first-order valence-corrected chi connectivity index (χ1v) is 8.53. The Morgan fingerprint density at radius 3 is 2.79 bits per heavy atom. The van der Waals surface area contributed by atoms with Crippen LogP contribution in [0.15, 0.2) is 22.7 Å². The van der Waals surface area contributed by atoms with Gasteiger partial charge in [-0.05, 0) is 60.9 Å². The van der Waals surface area contributed by atoms with Crippen molar-refractivity contribution in [2.45, 2.75) is 25.7 Å². The second-order valence-corrected chi connectivity index (χ2v) is 6.73. The van der Waals surface area contributed by atoms with Gasteiger partial charge in [-0.2, -0.15) is 10.1 Å². The summed E-state index contributed by atoms with van der Waals surface area (Å²) in [4.78, 5) is 17.0. The number of piperidine rings is 1. The number of halogens is 2. The van der Waals surface area contributed by atoms with Crippen LogP contribution in [-0.2, 0) is 7.05 Å². The zero-order chi connectivity index (χ0) is 16.4. The molecular formula is C16H21BrClN5O. The first-order valence-electron chi connectivity index (χ1n) is 7.74. The lowest BCUT2D eigenvalue weighted by Gasteiger charge is -2.19. The number of aromatic nitrogens is 3. The van der Waals surface area contributed by atoms with Gasteiger partial charge in [-0.15, -0.1) is 12.4 Å². The van der Waals surface area contributed by atoms with Gasteiger partial charge in [-0.1, -0.05) is 11.6 Å². The lowest BCUT2D eigenvalue weighted by Crippen LogP contribution is -2.27. The number of nitrogens with zero attached hydrogens (tertiary/aromatic N) is 3. The number of hydrogen-bond donors (Lipinski definition) is 2. The first kappa shape index (κ1) is 18.9. The van der Waals surface area contributed by atoms with E-state index in [4.69, 9.17) is 0 Å². The second kappa shape index (κ2) is 8.09. The summed E-state index contributed by atoms with van der Waals surface area (Å²) in [5, 5.41) is 10.7. The molecule has 8 heteroatoms. The van der Waals surface area contributed by atoms with Gasteiger partial charge in [0.15, 0.2) is 5.82 Å². The fourth-order valence-electron chi connectivity index (χ4n) is 2.75. The van der Waals surface area contributed by atoms with E-state index in [-0.39, 0.29) is 18.3 Å². The van der Waals surface area contributed by atoms with Crippen LogP contribution < -0.4 is 10.6 Å². The maximum absolute atomic E-state index is 12.5. The quantitative estimate of drug-likeness (QED) is 0.810. The molecule has 1 amide bonds. The van der Waals surface area contributed by atoms with Crippen molar-refractivity contribution in [3.63, 3.8) is 0 Å². The summed E-state index contributed by atoms with van der Waals surface area (Å²) in [6.45, 7) is 3.93. The zero-order valence-electron chi connectivity index (χ0n) is 13.7. The molecule has 0 saturated carbocycles. The van der Waals surface area contributed by atoms with E-state index in [2.05, 4.69) is 36.6 Å². The van der Waals surface area contributed by atoms with E-state index >= 15 is 0 Å². The van der Waals surface area contributed by atoms with E-state index < -0.39 is 0 Å². The molecule has 0 radical (unpaired) electrons. The molecule has 0 aliphatic carbocycles. The maximum atomic E-state index is 12.5. The summed E-state index contributed by atoms with van der Waals surface area (Å²) >= 11 is 3.42. The van der Waals surface area contributed by atoms with Gasteiger partial charge in [0.25, 0.3) is 5.91 Å². The Morgan fingerprint density at radius 1 is 1.38 bits per heavy atom. The van der Waals surface area contributed by atoms with Gasteiger partial charge in [0.05, 0.1) is 5.56 Å². The molecule has 1 aromatic carbocycles. The Kier molecular flexibility index (Phi) is 6.37. The number of amides is 1. The minimum absolute atomic E-state index is 0. The fraction of sp³-hybridized carbons (Fsp3) is 0.438. The van der Waals surface area contributed by atoms with Crippen molar-refractivity contribution in [3.8, 4) is 0 Å². The Balaban J connectivity index is 0.00000208. The highest BCUT2D eigenvalue weighted by atomic mass is 79.9. The van der Waals surface area contributed by atoms with Gasteiger partial charge in [-0.3, -0.25) is 10.1 Å². The summed E-state index contributed by atoms with van der Waals surface area (Å²) in [6, 6.07) is 5.68. The average molecular weight is 415 g/mol. The minimum atomic E-state index is -0.187. The average Bonchev–Trinajstić information content (AvgIpc) is 2.91. The second-order valence-electron chi connectivity index (χ2n) is 5.88. The van der Waals surface area contributed by atoms with Gasteiger partial charge >= 0.3 is 0 Å². The summed E-state index contributed by atoms with van der Waals surface area (Å²) in [6.07, 6.45) is 2.06. The molecule has 2 heterocycles. The Hall–Kier alpha value is -1.44. The summed E-state index contributed by atoms with van der Waals surface area (Å²) in [7, 11) is 1.80. The van der Waals surface area contributed by atoms with Crippen molar-refractivity contribution in [1.29, 1.82) is 0 Å². The predicted molar refractivity (Wildman–Crippen MR) is 99.9 cm³/mol. The molecule has 3 rings (SSSR count). The normalized spacial score (nSPS) is 15.0. The van der Waals surface area contributed by atoms with E-state index in [0.29, 0.717) is 17.4 Å². The molecule has 0 spiro atoms. The van der Waals surface area contributed by atoms with E-state index in [1.54, 1.807) is 11.7 Å². The topological polar surface area (TPSA) is 71.8 Å². The third kappa shape index (κ3) is 4.15. The molecule has 1 fully saturated rings. The highest BCUT2D eigenvalue weighted by Crippen LogP contribution is 2.24.